The first-order valence-corrected chi connectivity index (χ1v) is 9.14. The van der Waals surface area contributed by atoms with Crippen LogP contribution < -0.4 is 20.1 Å². The van der Waals surface area contributed by atoms with Crippen LogP contribution in [0.25, 0.3) is 0 Å². The number of nitrogens with one attached hydrogen (secondary N) is 2. The number of unbranched alkanes of at least 4 members (excludes halogenated alkanes) is 1. The van der Waals surface area contributed by atoms with Gasteiger partial charge in [0.15, 0.2) is 0 Å². The molecule has 4 heteroatoms. The molecule has 0 aliphatic rings. The van der Waals surface area contributed by atoms with Crippen LogP contribution in [0.15, 0.2) is 48.5 Å². The second-order valence-corrected chi connectivity index (χ2v) is 6.27. The van der Waals surface area contributed by atoms with Crippen molar-refractivity contribution >= 4 is 11.4 Å². The summed E-state index contributed by atoms with van der Waals surface area (Å²) >= 11 is 0. The van der Waals surface area contributed by atoms with Crippen LogP contribution in [-0.2, 0) is 0 Å². The molecule has 2 aromatic carbocycles. The minimum atomic E-state index is 0.186. The average Bonchev–Trinajstić information content (AvgIpc) is 2.60. The fourth-order valence-corrected chi connectivity index (χ4v) is 2.37. The van der Waals surface area contributed by atoms with Gasteiger partial charge in [-0.2, -0.15) is 0 Å². The summed E-state index contributed by atoms with van der Waals surface area (Å²) in [6.07, 6.45) is 2.43. The second kappa shape index (κ2) is 10.5. The van der Waals surface area contributed by atoms with Gasteiger partial charge in [0.05, 0.1) is 12.7 Å². The summed E-state index contributed by atoms with van der Waals surface area (Å²) in [4.78, 5) is 0. The van der Waals surface area contributed by atoms with E-state index in [1.54, 1.807) is 0 Å². The van der Waals surface area contributed by atoms with Crippen molar-refractivity contribution in [3.63, 3.8) is 0 Å². The van der Waals surface area contributed by atoms with Gasteiger partial charge in [-0.25, -0.2) is 0 Å². The highest BCUT2D eigenvalue weighted by Crippen LogP contribution is 2.19. The third-order valence-corrected chi connectivity index (χ3v) is 3.61. The van der Waals surface area contributed by atoms with E-state index in [9.17, 15) is 0 Å². The third-order valence-electron chi connectivity index (χ3n) is 3.61. The maximum Gasteiger partial charge on any atom is 0.121 e. The zero-order valence-corrected chi connectivity index (χ0v) is 15.5. The zero-order valence-electron chi connectivity index (χ0n) is 15.5. The smallest absolute Gasteiger partial charge is 0.121 e. The van der Waals surface area contributed by atoms with E-state index < -0.39 is 0 Å². The maximum absolute atomic E-state index is 5.71. The Balaban J connectivity index is 1.70. The van der Waals surface area contributed by atoms with Crippen LogP contribution in [0.2, 0.25) is 0 Å². The predicted molar refractivity (Wildman–Crippen MR) is 106 cm³/mol. The van der Waals surface area contributed by atoms with Crippen LogP contribution in [0.1, 0.15) is 33.6 Å². The van der Waals surface area contributed by atoms with E-state index in [-0.39, 0.29) is 6.10 Å². The monoisotopic (exact) mass is 342 g/mol. The average molecular weight is 342 g/mol. The van der Waals surface area contributed by atoms with E-state index in [0.29, 0.717) is 0 Å². The lowest BCUT2D eigenvalue weighted by atomic mass is 10.3. The van der Waals surface area contributed by atoms with Gasteiger partial charge in [0.25, 0.3) is 0 Å². The largest absolute Gasteiger partial charge is 0.494 e. The van der Waals surface area contributed by atoms with E-state index in [4.69, 9.17) is 9.47 Å². The molecule has 0 fully saturated rings. The van der Waals surface area contributed by atoms with Gasteiger partial charge >= 0.3 is 0 Å². The topological polar surface area (TPSA) is 42.5 Å². The Morgan fingerprint density at radius 2 is 1.60 bits per heavy atom. The highest BCUT2D eigenvalue weighted by atomic mass is 16.5. The molecule has 0 spiro atoms. The van der Waals surface area contributed by atoms with Gasteiger partial charge < -0.3 is 20.1 Å². The molecule has 0 aliphatic heterocycles. The van der Waals surface area contributed by atoms with Crippen molar-refractivity contribution in [1.29, 1.82) is 0 Å². The summed E-state index contributed by atoms with van der Waals surface area (Å²) in [5.41, 5.74) is 2.17. The number of hydrogen-bond donors (Lipinski definition) is 2. The van der Waals surface area contributed by atoms with Gasteiger partial charge in [-0.3, -0.25) is 0 Å². The number of hydrogen-bond acceptors (Lipinski definition) is 4. The van der Waals surface area contributed by atoms with E-state index >= 15 is 0 Å². The lowest BCUT2D eigenvalue weighted by Gasteiger charge is -2.13. The Hall–Kier alpha value is -2.36. The molecule has 0 atom stereocenters. The van der Waals surface area contributed by atoms with Crippen molar-refractivity contribution in [2.45, 2.75) is 39.7 Å². The fraction of sp³-hybridized carbons (Fsp3) is 0.429. The van der Waals surface area contributed by atoms with Crippen LogP contribution in [-0.4, -0.2) is 25.8 Å². The highest BCUT2D eigenvalue weighted by Gasteiger charge is 1.99. The van der Waals surface area contributed by atoms with Crippen molar-refractivity contribution in [3.05, 3.63) is 48.5 Å². The molecule has 25 heavy (non-hydrogen) atoms. The summed E-state index contributed by atoms with van der Waals surface area (Å²) in [6.45, 7) is 8.68. The van der Waals surface area contributed by atoms with Crippen LogP contribution in [0.4, 0.5) is 11.4 Å². The summed E-state index contributed by atoms with van der Waals surface area (Å²) in [5, 5.41) is 6.81. The molecular weight excluding hydrogens is 312 g/mol. The molecule has 0 radical (unpaired) electrons. The van der Waals surface area contributed by atoms with Crippen molar-refractivity contribution in [3.8, 4) is 11.5 Å². The summed E-state index contributed by atoms with van der Waals surface area (Å²) in [5.74, 6) is 1.82. The number of ether oxygens (including phenoxy) is 2. The molecule has 0 bridgehead atoms. The fourth-order valence-electron chi connectivity index (χ4n) is 2.37. The van der Waals surface area contributed by atoms with Crippen LogP contribution >= 0.6 is 0 Å². The summed E-state index contributed by atoms with van der Waals surface area (Å²) in [6, 6.07) is 16.2. The van der Waals surface area contributed by atoms with E-state index in [0.717, 1.165) is 55.4 Å². The quantitative estimate of drug-likeness (QED) is 0.552. The normalized spacial score (nSPS) is 10.6. The third kappa shape index (κ3) is 7.38. The van der Waals surface area contributed by atoms with Gasteiger partial charge in [0.2, 0.25) is 0 Å². The lowest BCUT2D eigenvalue weighted by Crippen LogP contribution is -2.13. The van der Waals surface area contributed by atoms with Crippen molar-refractivity contribution in [1.82, 2.24) is 0 Å². The Morgan fingerprint density at radius 3 is 2.28 bits per heavy atom. The van der Waals surface area contributed by atoms with Crippen molar-refractivity contribution < 1.29 is 9.47 Å². The first kappa shape index (κ1) is 19.0. The van der Waals surface area contributed by atoms with Crippen LogP contribution in [0, 0.1) is 0 Å². The molecule has 2 aromatic rings. The van der Waals surface area contributed by atoms with Gasteiger partial charge in [-0.05, 0) is 56.7 Å². The molecule has 0 saturated carbocycles. The van der Waals surface area contributed by atoms with Gasteiger partial charge in [-0.15, -0.1) is 0 Å². The first-order valence-electron chi connectivity index (χ1n) is 9.14. The Morgan fingerprint density at radius 1 is 0.880 bits per heavy atom. The molecule has 0 heterocycles. The van der Waals surface area contributed by atoms with Crippen LogP contribution in [0.5, 0.6) is 11.5 Å². The standard InChI is InChI=1S/C21H30N2O2/c1-4-5-15-24-20-11-9-18(10-12-20)22-13-14-23-19-7-6-8-21(16-19)25-17(2)3/h6-12,16-17,22-23H,4-5,13-15H2,1-3H3. The zero-order chi connectivity index (χ0) is 17.9. The predicted octanol–water partition coefficient (Wildman–Crippen LogP) is 5.18. The number of rotatable bonds is 11. The number of anilines is 2. The molecular formula is C21H30N2O2. The Kier molecular flexibility index (Phi) is 7.96. The Labute approximate surface area is 151 Å². The number of benzene rings is 2. The van der Waals surface area contributed by atoms with Gasteiger partial charge in [0, 0.05) is 30.5 Å². The molecule has 4 nitrogen and oxygen atoms in total. The van der Waals surface area contributed by atoms with E-state index in [2.05, 4.69) is 35.8 Å². The second-order valence-electron chi connectivity index (χ2n) is 6.27. The maximum atomic E-state index is 5.71. The summed E-state index contributed by atoms with van der Waals surface area (Å²) < 4.78 is 11.4. The molecule has 2 N–H and O–H groups in total. The van der Waals surface area contributed by atoms with Crippen LogP contribution in [0.3, 0.4) is 0 Å². The lowest BCUT2D eigenvalue weighted by molar-refractivity contribution is 0.242. The van der Waals surface area contributed by atoms with Crippen molar-refractivity contribution in [2.75, 3.05) is 30.3 Å². The minimum Gasteiger partial charge on any atom is -0.494 e. The molecule has 136 valence electrons. The highest BCUT2D eigenvalue weighted by molar-refractivity contribution is 5.49. The minimum absolute atomic E-state index is 0.186. The molecule has 0 saturated heterocycles. The van der Waals surface area contributed by atoms with Gasteiger partial charge in [0.1, 0.15) is 11.5 Å². The molecule has 0 unspecified atom stereocenters. The molecule has 0 amide bonds. The van der Waals surface area contributed by atoms with E-state index in [1.165, 1.54) is 0 Å². The SMILES string of the molecule is CCCCOc1ccc(NCCNc2cccc(OC(C)C)c2)cc1. The Bertz CT molecular complexity index is 612. The van der Waals surface area contributed by atoms with Gasteiger partial charge in [-0.1, -0.05) is 19.4 Å². The van der Waals surface area contributed by atoms with E-state index in [1.807, 2.05) is 44.2 Å². The molecule has 0 aromatic heterocycles. The first-order chi connectivity index (χ1) is 12.2. The summed E-state index contributed by atoms with van der Waals surface area (Å²) in [7, 11) is 0. The van der Waals surface area contributed by atoms with Crippen molar-refractivity contribution in [2.24, 2.45) is 0 Å². The molecule has 2 rings (SSSR count). The molecule has 0 aliphatic carbocycles.